The smallest absolute Gasteiger partial charge is 0.197 e. The van der Waals surface area contributed by atoms with Crippen molar-refractivity contribution in [3.63, 3.8) is 0 Å². The van der Waals surface area contributed by atoms with Gasteiger partial charge in [-0.05, 0) is 69.2 Å². The maximum Gasteiger partial charge on any atom is 0.197 e. The van der Waals surface area contributed by atoms with Gasteiger partial charge in [-0.1, -0.05) is 85.9 Å². The lowest BCUT2D eigenvalue weighted by molar-refractivity contribution is 0.0990. The normalized spacial score (nSPS) is 15.3. The van der Waals surface area contributed by atoms with Crippen LogP contribution in [0, 0.1) is 0 Å². The highest BCUT2D eigenvalue weighted by atomic mass is 28.3. The van der Waals surface area contributed by atoms with E-state index in [1.54, 1.807) is 6.08 Å². The van der Waals surface area contributed by atoms with Gasteiger partial charge in [-0.3, -0.25) is 9.59 Å². The minimum absolute atomic E-state index is 0.203. The van der Waals surface area contributed by atoms with Gasteiger partial charge in [-0.25, -0.2) is 0 Å². The maximum absolute atomic E-state index is 13.2. The van der Waals surface area contributed by atoms with Crippen molar-refractivity contribution in [1.29, 1.82) is 0 Å². The number of carbonyl (C=O) groups excluding carboxylic acids is 2. The van der Waals surface area contributed by atoms with Crippen LogP contribution in [0.25, 0.3) is 16.8 Å². The summed E-state index contributed by atoms with van der Waals surface area (Å²) < 4.78 is 0. The van der Waals surface area contributed by atoms with Crippen molar-refractivity contribution in [3.8, 4) is 0 Å². The number of hydrogen-bond acceptors (Lipinski definition) is 3. The number of fused-ring (bicyclic) bond motifs is 4. The summed E-state index contributed by atoms with van der Waals surface area (Å²) in [7, 11) is -1.83. The van der Waals surface area contributed by atoms with E-state index in [4.69, 9.17) is 0 Å². The van der Waals surface area contributed by atoms with Gasteiger partial charge in [-0.2, -0.15) is 0 Å². The maximum atomic E-state index is 13.2. The standard InChI is InChI=1S/C34H25NO2Si/c1-38(2)31-13-7-5-11-29(31)35(30-12-6-8-14-32(30)38)25-17-15-22(16-18-25)19-28-33(36)26-20-23-9-3-4-10-24(23)21-27(26)34(28)37/h3-21H,1-2H3. The van der Waals surface area contributed by atoms with Crippen molar-refractivity contribution in [3.05, 3.63) is 131 Å². The Morgan fingerprint density at radius 2 is 1.08 bits per heavy atom. The number of hydrogen-bond donors (Lipinski definition) is 0. The highest BCUT2D eigenvalue weighted by Gasteiger charge is 2.38. The van der Waals surface area contributed by atoms with Crippen molar-refractivity contribution >= 4 is 63.9 Å². The molecule has 0 unspecified atom stereocenters. The van der Waals surface area contributed by atoms with Gasteiger partial charge in [0.1, 0.15) is 8.07 Å². The highest BCUT2D eigenvalue weighted by molar-refractivity contribution is 7.02. The van der Waals surface area contributed by atoms with Crippen LogP contribution in [0.5, 0.6) is 0 Å². The largest absolute Gasteiger partial charge is 0.311 e. The van der Waals surface area contributed by atoms with Gasteiger partial charge >= 0.3 is 0 Å². The first kappa shape index (κ1) is 22.6. The summed E-state index contributed by atoms with van der Waals surface area (Å²) in [6, 6.07) is 37.0. The zero-order valence-corrected chi connectivity index (χ0v) is 22.2. The first-order valence-electron chi connectivity index (χ1n) is 12.9. The van der Waals surface area contributed by atoms with Gasteiger partial charge in [0.05, 0.1) is 5.57 Å². The minimum atomic E-state index is -1.83. The Morgan fingerprint density at radius 3 is 1.61 bits per heavy atom. The second-order valence-corrected chi connectivity index (χ2v) is 14.9. The molecule has 1 heterocycles. The lowest BCUT2D eigenvalue weighted by Crippen LogP contribution is -2.58. The zero-order valence-electron chi connectivity index (χ0n) is 21.2. The first-order valence-corrected chi connectivity index (χ1v) is 15.9. The van der Waals surface area contributed by atoms with Crippen molar-refractivity contribution in [1.82, 2.24) is 0 Å². The molecule has 0 fully saturated rings. The molecule has 0 bridgehead atoms. The van der Waals surface area contributed by atoms with Crippen LogP contribution in [0.2, 0.25) is 13.1 Å². The quantitative estimate of drug-likeness (QED) is 0.148. The zero-order chi connectivity index (χ0) is 26.0. The number of benzene rings is 5. The molecule has 0 amide bonds. The average Bonchev–Trinajstić information content (AvgIpc) is 3.17. The Morgan fingerprint density at radius 1 is 0.605 bits per heavy atom. The van der Waals surface area contributed by atoms with E-state index >= 15 is 0 Å². The fourth-order valence-electron chi connectivity index (χ4n) is 5.97. The third-order valence-corrected chi connectivity index (χ3v) is 11.5. The van der Waals surface area contributed by atoms with Gasteiger partial charge in [0.25, 0.3) is 0 Å². The third-order valence-electron chi connectivity index (χ3n) is 7.96. The molecule has 3 nitrogen and oxygen atoms in total. The molecule has 0 saturated carbocycles. The number of carbonyl (C=O) groups is 2. The molecule has 7 rings (SSSR count). The Balaban J connectivity index is 1.28. The molecule has 1 aliphatic heterocycles. The van der Waals surface area contributed by atoms with E-state index in [1.165, 1.54) is 21.7 Å². The Bertz CT molecular complexity index is 1730. The predicted octanol–water partition coefficient (Wildman–Crippen LogP) is 6.91. The number of para-hydroxylation sites is 2. The summed E-state index contributed by atoms with van der Waals surface area (Å²) in [5, 5.41) is 4.76. The summed E-state index contributed by atoms with van der Waals surface area (Å²) in [5.41, 5.74) is 5.53. The number of rotatable bonds is 2. The monoisotopic (exact) mass is 507 g/mol. The molecule has 0 saturated heterocycles. The molecule has 0 spiro atoms. The summed E-state index contributed by atoms with van der Waals surface area (Å²) in [6.07, 6.45) is 1.73. The Kier molecular flexibility index (Phi) is 4.91. The van der Waals surface area contributed by atoms with E-state index in [-0.39, 0.29) is 17.1 Å². The lowest BCUT2D eigenvalue weighted by atomic mass is 10.0. The van der Waals surface area contributed by atoms with Gasteiger partial charge in [-0.15, -0.1) is 0 Å². The number of Topliss-reactive ketones (excluding diaryl/α,β-unsaturated/α-hetero) is 2. The van der Waals surface area contributed by atoms with E-state index in [9.17, 15) is 9.59 Å². The van der Waals surface area contributed by atoms with Gasteiger partial charge < -0.3 is 4.90 Å². The third kappa shape index (κ3) is 3.27. The molecule has 0 N–H and O–H groups in total. The minimum Gasteiger partial charge on any atom is -0.311 e. The molecule has 38 heavy (non-hydrogen) atoms. The number of ketones is 2. The molecular weight excluding hydrogens is 482 g/mol. The molecule has 5 aromatic carbocycles. The fourth-order valence-corrected chi connectivity index (χ4v) is 8.96. The second-order valence-electron chi connectivity index (χ2n) is 10.5. The van der Waals surface area contributed by atoms with Crippen molar-refractivity contribution in [2.24, 2.45) is 0 Å². The van der Waals surface area contributed by atoms with Crippen LogP contribution in [-0.4, -0.2) is 19.6 Å². The van der Waals surface area contributed by atoms with Gasteiger partial charge in [0.15, 0.2) is 11.6 Å². The van der Waals surface area contributed by atoms with Gasteiger partial charge in [0.2, 0.25) is 0 Å². The van der Waals surface area contributed by atoms with Crippen LogP contribution in [0.15, 0.2) is 115 Å². The topological polar surface area (TPSA) is 37.4 Å². The van der Waals surface area contributed by atoms with Crippen molar-refractivity contribution in [2.75, 3.05) is 4.90 Å². The van der Waals surface area contributed by atoms with Crippen LogP contribution in [0.4, 0.5) is 17.1 Å². The van der Waals surface area contributed by atoms with Crippen LogP contribution in [-0.2, 0) is 0 Å². The summed E-state index contributed by atoms with van der Waals surface area (Å²) in [5.74, 6) is -0.406. The van der Waals surface area contributed by atoms with Gasteiger partial charge in [0, 0.05) is 28.2 Å². The molecule has 0 aromatic heterocycles. The van der Waals surface area contributed by atoms with Crippen molar-refractivity contribution < 1.29 is 9.59 Å². The predicted molar refractivity (Wildman–Crippen MR) is 158 cm³/mol. The summed E-state index contributed by atoms with van der Waals surface area (Å²) >= 11 is 0. The molecule has 0 atom stereocenters. The van der Waals surface area contributed by atoms with Crippen LogP contribution in [0.3, 0.4) is 0 Å². The molecule has 5 aromatic rings. The van der Waals surface area contributed by atoms with Crippen LogP contribution < -0.4 is 15.3 Å². The van der Waals surface area contributed by atoms with Crippen LogP contribution in [0.1, 0.15) is 26.3 Å². The molecular formula is C34H25NO2Si. The van der Waals surface area contributed by atoms with E-state index in [0.717, 1.165) is 22.0 Å². The number of nitrogens with zero attached hydrogens (tertiary/aromatic N) is 1. The van der Waals surface area contributed by atoms with Crippen molar-refractivity contribution in [2.45, 2.75) is 13.1 Å². The summed E-state index contributed by atoms with van der Waals surface area (Å²) in [6.45, 7) is 4.82. The van der Waals surface area contributed by atoms with E-state index in [0.29, 0.717) is 11.1 Å². The molecule has 2 aliphatic rings. The lowest BCUT2D eigenvalue weighted by Gasteiger charge is -2.41. The van der Waals surface area contributed by atoms with Crippen LogP contribution >= 0.6 is 0 Å². The highest BCUT2D eigenvalue weighted by Crippen LogP contribution is 2.38. The van der Waals surface area contributed by atoms with E-state index < -0.39 is 8.07 Å². The van der Waals surface area contributed by atoms with E-state index in [2.05, 4.69) is 78.7 Å². The molecule has 0 radical (unpaired) electrons. The number of allylic oxidation sites excluding steroid dienone is 1. The average molecular weight is 508 g/mol. The molecule has 4 heteroatoms. The first-order chi connectivity index (χ1) is 18.4. The Hall–Kier alpha value is -4.54. The molecule has 1 aliphatic carbocycles. The Labute approximate surface area is 222 Å². The summed E-state index contributed by atoms with van der Waals surface area (Å²) in [4.78, 5) is 28.7. The second kappa shape index (κ2) is 8.23. The SMILES string of the molecule is C[Si]1(C)c2ccccc2N(c2ccc(C=C3C(=O)c4cc5ccccc5cc4C3=O)cc2)c2ccccc21. The number of anilines is 3. The van der Waals surface area contributed by atoms with E-state index in [1.807, 2.05) is 48.5 Å². The fraction of sp³-hybridized carbons (Fsp3) is 0.0588. The molecule has 182 valence electrons.